The summed E-state index contributed by atoms with van der Waals surface area (Å²) in [4.78, 5) is 13.9. The van der Waals surface area contributed by atoms with E-state index in [4.69, 9.17) is 23.2 Å². The van der Waals surface area contributed by atoms with Gasteiger partial charge in [-0.05, 0) is 31.4 Å². The Balaban J connectivity index is 2.19. The fourth-order valence-electron chi connectivity index (χ4n) is 2.15. The Labute approximate surface area is 116 Å². The van der Waals surface area contributed by atoms with E-state index in [2.05, 4.69) is 0 Å². The number of alkyl halides is 1. The Hall–Kier alpha value is -0.800. The summed E-state index contributed by atoms with van der Waals surface area (Å²) in [6.07, 6.45) is 3.07. The van der Waals surface area contributed by atoms with Gasteiger partial charge in [-0.1, -0.05) is 17.7 Å². The van der Waals surface area contributed by atoms with Crippen molar-refractivity contribution in [2.45, 2.75) is 24.6 Å². The molecule has 18 heavy (non-hydrogen) atoms. The molecule has 1 fully saturated rings. The molecule has 0 aliphatic carbocycles. The van der Waals surface area contributed by atoms with Crippen LogP contribution in [0.5, 0.6) is 0 Å². The third-order valence-corrected chi connectivity index (χ3v) is 3.87. The Bertz CT molecular complexity index is 426. The summed E-state index contributed by atoms with van der Waals surface area (Å²) in [6, 6.07) is 4.30. The van der Waals surface area contributed by atoms with Gasteiger partial charge in [-0.25, -0.2) is 4.39 Å². The van der Waals surface area contributed by atoms with Crippen molar-refractivity contribution in [3.63, 3.8) is 0 Å². The average molecular weight is 290 g/mol. The van der Waals surface area contributed by atoms with Gasteiger partial charge >= 0.3 is 0 Å². The molecule has 1 aliphatic heterocycles. The summed E-state index contributed by atoms with van der Waals surface area (Å²) in [6.45, 7) is 1.38. The molecule has 1 aromatic carbocycles. The standard InChI is InChI=1S/C13H14Cl2FNO/c14-9-5-4-6-10(16)11(9)12(15)13(18)17-7-2-1-3-8-17/h4-6,12H,1-3,7-8H2. The van der Waals surface area contributed by atoms with E-state index in [-0.39, 0.29) is 16.5 Å². The third kappa shape index (κ3) is 2.78. The molecular weight excluding hydrogens is 276 g/mol. The molecule has 0 bridgehead atoms. The lowest BCUT2D eigenvalue weighted by molar-refractivity contribution is -0.131. The van der Waals surface area contributed by atoms with Crippen LogP contribution in [0.1, 0.15) is 30.2 Å². The van der Waals surface area contributed by atoms with Crippen LogP contribution in [0.4, 0.5) is 4.39 Å². The molecule has 2 rings (SSSR count). The zero-order chi connectivity index (χ0) is 13.1. The lowest BCUT2D eigenvalue weighted by atomic mass is 10.1. The van der Waals surface area contributed by atoms with Gasteiger partial charge < -0.3 is 4.90 Å². The van der Waals surface area contributed by atoms with Crippen LogP contribution in [-0.4, -0.2) is 23.9 Å². The van der Waals surface area contributed by atoms with Crippen molar-refractivity contribution >= 4 is 29.1 Å². The summed E-state index contributed by atoms with van der Waals surface area (Å²) >= 11 is 12.0. The summed E-state index contributed by atoms with van der Waals surface area (Å²) in [5, 5.41) is -0.850. The molecule has 1 atom stereocenters. The SMILES string of the molecule is O=C(C(Cl)c1c(F)cccc1Cl)N1CCCCC1. The molecule has 98 valence electrons. The first-order valence-corrected chi connectivity index (χ1v) is 6.79. The molecule has 1 aromatic rings. The van der Waals surface area contributed by atoms with Gasteiger partial charge in [0.1, 0.15) is 11.2 Å². The van der Waals surface area contributed by atoms with E-state index < -0.39 is 11.2 Å². The minimum absolute atomic E-state index is 0.0800. The largest absolute Gasteiger partial charge is 0.341 e. The zero-order valence-electron chi connectivity index (χ0n) is 9.83. The van der Waals surface area contributed by atoms with Crippen LogP contribution in [0.25, 0.3) is 0 Å². The smallest absolute Gasteiger partial charge is 0.245 e. The molecule has 5 heteroatoms. The number of hydrogen-bond donors (Lipinski definition) is 0. The summed E-state index contributed by atoms with van der Waals surface area (Å²) < 4.78 is 13.7. The number of carbonyl (C=O) groups excluding carboxylic acids is 1. The topological polar surface area (TPSA) is 20.3 Å². The first-order valence-electron chi connectivity index (χ1n) is 5.98. The second kappa shape index (κ2) is 5.89. The van der Waals surface area contributed by atoms with Gasteiger partial charge in [0.15, 0.2) is 0 Å². The van der Waals surface area contributed by atoms with Crippen molar-refractivity contribution in [1.82, 2.24) is 4.90 Å². The second-order valence-electron chi connectivity index (χ2n) is 4.38. The van der Waals surface area contributed by atoms with Crippen molar-refractivity contribution in [1.29, 1.82) is 0 Å². The van der Waals surface area contributed by atoms with E-state index in [1.54, 1.807) is 11.0 Å². The number of carbonyl (C=O) groups is 1. The Morgan fingerprint density at radius 1 is 1.28 bits per heavy atom. The summed E-state index contributed by atoms with van der Waals surface area (Å²) in [5.41, 5.74) is 0.0800. The molecule has 2 nitrogen and oxygen atoms in total. The van der Waals surface area contributed by atoms with Crippen LogP contribution in [0.3, 0.4) is 0 Å². The van der Waals surface area contributed by atoms with Gasteiger partial charge in [0, 0.05) is 23.7 Å². The predicted octanol–water partition coefficient (Wildman–Crippen LogP) is 3.77. The van der Waals surface area contributed by atoms with Gasteiger partial charge in [0.25, 0.3) is 0 Å². The summed E-state index contributed by atoms with van der Waals surface area (Å²) in [7, 11) is 0. The number of likely N-dealkylation sites (tertiary alicyclic amines) is 1. The van der Waals surface area contributed by atoms with Crippen LogP contribution in [0.2, 0.25) is 5.02 Å². The molecule has 1 amide bonds. The molecule has 0 N–H and O–H groups in total. The van der Waals surface area contributed by atoms with Crippen molar-refractivity contribution in [2.75, 3.05) is 13.1 Å². The van der Waals surface area contributed by atoms with Crippen molar-refractivity contribution in [2.24, 2.45) is 0 Å². The molecule has 1 heterocycles. The fraction of sp³-hybridized carbons (Fsp3) is 0.462. The number of amides is 1. The number of nitrogens with zero attached hydrogens (tertiary/aromatic N) is 1. The molecule has 0 spiro atoms. The van der Waals surface area contributed by atoms with E-state index in [9.17, 15) is 9.18 Å². The number of benzene rings is 1. The maximum Gasteiger partial charge on any atom is 0.245 e. The lowest BCUT2D eigenvalue weighted by Crippen LogP contribution is -2.37. The van der Waals surface area contributed by atoms with Crippen molar-refractivity contribution in [3.05, 3.63) is 34.6 Å². The molecule has 1 aliphatic rings. The first kappa shape index (κ1) is 13.6. The fourth-order valence-corrected chi connectivity index (χ4v) is 2.84. The highest BCUT2D eigenvalue weighted by Crippen LogP contribution is 2.32. The molecule has 1 unspecified atom stereocenters. The highest BCUT2D eigenvalue weighted by molar-refractivity contribution is 6.35. The maximum atomic E-state index is 13.7. The molecule has 1 saturated heterocycles. The molecule has 0 radical (unpaired) electrons. The van der Waals surface area contributed by atoms with Crippen LogP contribution in [0.15, 0.2) is 18.2 Å². The third-order valence-electron chi connectivity index (χ3n) is 3.14. The predicted molar refractivity (Wildman–Crippen MR) is 70.4 cm³/mol. The van der Waals surface area contributed by atoms with Crippen LogP contribution in [0, 0.1) is 5.82 Å². The number of piperidine rings is 1. The molecular formula is C13H14Cl2FNO. The highest BCUT2D eigenvalue weighted by Gasteiger charge is 2.28. The van der Waals surface area contributed by atoms with Crippen LogP contribution in [-0.2, 0) is 4.79 Å². The van der Waals surface area contributed by atoms with Gasteiger partial charge in [-0.3, -0.25) is 4.79 Å². The number of halogens is 3. The lowest BCUT2D eigenvalue weighted by Gasteiger charge is -2.28. The average Bonchev–Trinajstić information content (AvgIpc) is 2.38. The number of hydrogen-bond acceptors (Lipinski definition) is 1. The van der Waals surface area contributed by atoms with E-state index in [1.165, 1.54) is 12.1 Å². The van der Waals surface area contributed by atoms with Crippen LogP contribution >= 0.6 is 23.2 Å². The minimum Gasteiger partial charge on any atom is -0.341 e. The Morgan fingerprint density at radius 3 is 2.56 bits per heavy atom. The normalized spacial score (nSPS) is 17.6. The van der Waals surface area contributed by atoms with E-state index in [0.29, 0.717) is 13.1 Å². The quantitative estimate of drug-likeness (QED) is 0.759. The Morgan fingerprint density at radius 2 is 1.94 bits per heavy atom. The number of rotatable bonds is 2. The minimum atomic E-state index is -1.04. The zero-order valence-corrected chi connectivity index (χ0v) is 11.3. The van der Waals surface area contributed by atoms with Crippen molar-refractivity contribution < 1.29 is 9.18 Å². The summed E-state index contributed by atoms with van der Waals surface area (Å²) in [5.74, 6) is -0.795. The van der Waals surface area contributed by atoms with Crippen LogP contribution < -0.4 is 0 Å². The molecule has 0 saturated carbocycles. The first-order chi connectivity index (χ1) is 8.61. The van der Waals surface area contributed by atoms with Gasteiger partial charge in [-0.2, -0.15) is 0 Å². The maximum absolute atomic E-state index is 13.7. The van der Waals surface area contributed by atoms with E-state index >= 15 is 0 Å². The highest BCUT2D eigenvalue weighted by atomic mass is 35.5. The monoisotopic (exact) mass is 289 g/mol. The Kier molecular flexibility index (Phi) is 4.46. The van der Waals surface area contributed by atoms with Gasteiger partial charge in [-0.15, -0.1) is 11.6 Å². The van der Waals surface area contributed by atoms with E-state index in [0.717, 1.165) is 19.3 Å². The van der Waals surface area contributed by atoms with Gasteiger partial charge in [0.05, 0.1) is 0 Å². The van der Waals surface area contributed by atoms with E-state index in [1.807, 2.05) is 0 Å². The molecule has 0 aromatic heterocycles. The van der Waals surface area contributed by atoms with Crippen molar-refractivity contribution in [3.8, 4) is 0 Å². The van der Waals surface area contributed by atoms with Gasteiger partial charge in [0.2, 0.25) is 5.91 Å². The second-order valence-corrected chi connectivity index (χ2v) is 5.23.